The Balaban J connectivity index is 1.56. The van der Waals surface area contributed by atoms with Crippen LogP contribution in [0.5, 0.6) is 5.75 Å². The molecule has 5 heteroatoms. The van der Waals surface area contributed by atoms with Crippen LogP contribution in [0.2, 0.25) is 0 Å². The fraction of sp³-hybridized carbons (Fsp3) is 0.455. The Morgan fingerprint density at radius 1 is 1.22 bits per heavy atom. The van der Waals surface area contributed by atoms with Crippen LogP contribution in [0.3, 0.4) is 0 Å². The zero-order valence-corrected chi connectivity index (χ0v) is 16.2. The molecule has 1 aliphatic rings. The molecule has 0 aliphatic heterocycles. The monoisotopic (exact) mass is 367 g/mol. The van der Waals surface area contributed by atoms with Gasteiger partial charge in [0.15, 0.2) is 17.2 Å². The van der Waals surface area contributed by atoms with E-state index < -0.39 is 0 Å². The van der Waals surface area contributed by atoms with Gasteiger partial charge in [-0.25, -0.2) is 13.9 Å². The van der Waals surface area contributed by atoms with E-state index >= 15 is 0 Å². The van der Waals surface area contributed by atoms with E-state index in [1.165, 1.54) is 18.9 Å². The predicted molar refractivity (Wildman–Crippen MR) is 104 cm³/mol. The molecule has 4 rings (SSSR count). The van der Waals surface area contributed by atoms with Crippen molar-refractivity contribution in [3.05, 3.63) is 48.2 Å². The van der Waals surface area contributed by atoms with Gasteiger partial charge in [-0.3, -0.25) is 0 Å². The van der Waals surface area contributed by atoms with Crippen molar-refractivity contribution >= 4 is 5.65 Å². The summed E-state index contributed by atoms with van der Waals surface area (Å²) in [5.74, 6) is 1.53. The molecular formula is C22H26FN3O. The molecule has 0 amide bonds. The minimum Gasteiger partial charge on any atom is -0.490 e. The molecule has 27 heavy (non-hydrogen) atoms. The lowest BCUT2D eigenvalue weighted by Crippen LogP contribution is -2.11. The fourth-order valence-corrected chi connectivity index (χ4v) is 3.61. The summed E-state index contributed by atoms with van der Waals surface area (Å²) >= 11 is 0. The zero-order valence-electron chi connectivity index (χ0n) is 16.2. The third-order valence-corrected chi connectivity index (χ3v) is 5.02. The second kappa shape index (κ2) is 7.29. The molecule has 0 saturated heterocycles. The number of hydrogen-bond acceptors (Lipinski definition) is 3. The minimum absolute atomic E-state index is 0.307. The van der Waals surface area contributed by atoms with Crippen LogP contribution in [-0.4, -0.2) is 21.2 Å². The van der Waals surface area contributed by atoms with Crippen LogP contribution in [0, 0.1) is 17.7 Å². The number of nitrogens with zero attached hydrogens (tertiary/aromatic N) is 3. The molecule has 1 fully saturated rings. The lowest BCUT2D eigenvalue weighted by Gasteiger charge is -2.15. The van der Waals surface area contributed by atoms with E-state index in [1.54, 1.807) is 16.8 Å². The van der Waals surface area contributed by atoms with E-state index in [0.29, 0.717) is 30.1 Å². The number of fused-ring (bicyclic) bond motifs is 1. The maximum Gasteiger partial charge on any atom is 0.165 e. The van der Waals surface area contributed by atoms with E-state index in [4.69, 9.17) is 9.72 Å². The molecule has 1 aromatic carbocycles. The Kier molecular flexibility index (Phi) is 4.85. The smallest absolute Gasteiger partial charge is 0.165 e. The molecule has 4 nitrogen and oxygen atoms in total. The molecule has 0 radical (unpaired) electrons. The molecule has 3 aromatic rings. The Morgan fingerprint density at radius 2 is 2.04 bits per heavy atom. The summed E-state index contributed by atoms with van der Waals surface area (Å²) in [5.41, 5.74) is 3.53. The molecule has 0 N–H and O–H groups in total. The normalized spacial score (nSPS) is 15.4. The van der Waals surface area contributed by atoms with Crippen molar-refractivity contribution < 1.29 is 9.13 Å². The van der Waals surface area contributed by atoms with Crippen molar-refractivity contribution in [2.24, 2.45) is 11.8 Å². The van der Waals surface area contributed by atoms with Crippen molar-refractivity contribution in [1.82, 2.24) is 14.6 Å². The molecule has 1 saturated carbocycles. The van der Waals surface area contributed by atoms with Gasteiger partial charge in [0.2, 0.25) is 0 Å². The molecule has 1 aliphatic carbocycles. The summed E-state index contributed by atoms with van der Waals surface area (Å²) in [6.45, 7) is 7.03. The Labute approximate surface area is 159 Å². The average molecular weight is 367 g/mol. The zero-order chi connectivity index (χ0) is 19.0. The van der Waals surface area contributed by atoms with Crippen LogP contribution in [0.4, 0.5) is 4.39 Å². The van der Waals surface area contributed by atoms with Gasteiger partial charge < -0.3 is 4.74 Å². The minimum atomic E-state index is -0.340. The van der Waals surface area contributed by atoms with Crippen LogP contribution in [-0.2, 0) is 0 Å². The van der Waals surface area contributed by atoms with E-state index in [0.717, 1.165) is 28.9 Å². The van der Waals surface area contributed by atoms with E-state index in [9.17, 15) is 4.39 Å². The van der Waals surface area contributed by atoms with Gasteiger partial charge in [0, 0.05) is 17.7 Å². The number of rotatable bonds is 7. The topological polar surface area (TPSA) is 39.4 Å². The summed E-state index contributed by atoms with van der Waals surface area (Å²) in [6.07, 6.45) is 7.17. The van der Waals surface area contributed by atoms with Crippen LogP contribution in [0.25, 0.3) is 16.8 Å². The average Bonchev–Trinajstić information content (AvgIpc) is 3.38. The lowest BCUT2D eigenvalue weighted by molar-refractivity contribution is 0.230. The van der Waals surface area contributed by atoms with Gasteiger partial charge in [0.1, 0.15) is 0 Å². The van der Waals surface area contributed by atoms with Gasteiger partial charge in [-0.1, -0.05) is 26.8 Å². The number of benzene rings is 1. The standard InChI is InChI=1S/C22H26FN3O/c1-14(2)10-15(3)13-27-21-7-6-17(11-19(21)23)18-8-9-24-26-12-20(16-4-5-16)25-22(18)26/h6-9,11-12,14-16H,4-5,10,13H2,1-3H3/t15-/m0/s1. The first-order valence-electron chi connectivity index (χ1n) is 9.78. The summed E-state index contributed by atoms with van der Waals surface area (Å²) in [6, 6.07) is 7.03. The second-order valence-electron chi connectivity index (χ2n) is 8.14. The maximum absolute atomic E-state index is 14.6. The van der Waals surface area contributed by atoms with Gasteiger partial charge in [0.25, 0.3) is 0 Å². The summed E-state index contributed by atoms with van der Waals surface area (Å²) in [5, 5.41) is 4.35. The van der Waals surface area contributed by atoms with Gasteiger partial charge in [-0.05, 0) is 54.9 Å². The molecular weight excluding hydrogens is 341 g/mol. The van der Waals surface area contributed by atoms with E-state index in [-0.39, 0.29) is 5.82 Å². The van der Waals surface area contributed by atoms with Gasteiger partial charge in [-0.15, -0.1) is 0 Å². The highest BCUT2D eigenvalue weighted by molar-refractivity contribution is 5.77. The lowest BCUT2D eigenvalue weighted by atomic mass is 10.00. The molecule has 0 unspecified atom stereocenters. The number of imidazole rings is 1. The van der Waals surface area contributed by atoms with Crippen molar-refractivity contribution in [2.75, 3.05) is 6.61 Å². The molecule has 2 heterocycles. The Morgan fingerprint density at radius 3 is 2.74 bits per heavy atom. The van der Waals surface area contributed by atoms with Crippen LogP contribution < -0.4 is 4.74 Å². The quantitative estimate of drug-likeness (QED) is 0.555. The number of halogens is 1. The first kappa shape index (κ1) is 18.0. The summed E-state index contributed by atoms with van der Waals surface area (Å²) in [4.78, 5) is 4.74. The van der Waals surface area contributed by atoms with Gasteiger partial charge >= 0.3 is 0 Å². The van der Waals surface area contributed by atoms with E-state index in [1.807, 2.05) is 18.3 Å². The van der Waals surface area contributed by atoms with Crippen LogP contribution in [0.15, 0.2) is 36.7 Å². The Bertz CT molecular complexity index is 946. The second-order valence-corrected chi connectivity index (χ2v) is 8.14. The van der Waals surface area contributed by atoms with Crippen LogP contribution in [0.1, 0.15) is 51.6 Å². The summed E-state index contributed by atoms with van der Waals surface area (Å²) in [7, 11) is 0. The maximum atomic E-state index is 14.6. The molecule has 1 atom stereocenters. The number of aromatic nitrogens is 3. The van der Waals surface area contributed by atoms with Crippen molar-refractivity contribution in [3.63, 3.8) is 0 Å². The molecule has 0 bridgehead atoms. The highest BCUT2D eigenvalue weighted by atomic mass is 19.1. The number of hydrogen-bond donors (Lipinski definition) is 0. The third kappa shape index (κ3) is 3.97. The van der Waals surface area contributed by atoms with Gasteiger partial charge in [-0.2, -0.15) is 5.10 Å². The highest BCUT2D eigenvalue weighted by Gasteiger charge is 2.27. The predicted octanol–water partition coefficient (Wildman–Crippen LogP) is 5.47. The third-order valence-electron chi connectivity index (χ3n) is 5.02. The van der Waals surface area contributed by atoms with Crippen molar-refractivity contribution in [3.8, 4) is 16.9 Å². The van der Waals surface area contributed by atoms with Crippen molar-refractivity contribution in [2.45, 2.75) is 46.0 Å². The van der Waals surface area contributed by atoms with Gasteiger partial charge in [0.05, 0.1) is 18.5 Å². The largest absolute Gasteiger partial charge is 0.490 e. The molecule has 2 aromatic heterocycles. The summed E-state index contributed by atoms with van der Waals surface area (Å²) < 4.78 is 22.1. The molecule has 0 spiro atoms. The first-order chi connectivity index (χ1) is 13.0. The fourth-order valence-electron chi connectivity index (χ4n) is 3.61. The van der Waals surface area contributed by atoms with Crippen molar-refractivity contribution in [1.29, 1.82) is 0 Å². The number of ether oxygens (including phenoxy) is 1. The Hall–Kier alpha value is -2.43. The highest BCUT2D eigenvalue weighted by Crippen LogP contribution is 2.40. The van der Waals surface area contributed by atoms with Crippen LogP contribution >= 0.6 is 0 Å². The first-order valence-corrected chi connectivity index (χ1v) is 9.78. The van der Waals surface area contributed by atoms with E-state index in [2.05, 4.69) is 25.9 Å². The SMILES string of the molecule is CC(C)C[C@H](C)COc1ccc(-c2ccnn3cc(C4CC4)nc23)cc1F. The molecule has 142 valence electrons.